The van der Waals surface area contributed by atoms with Gasteiger partial charge in [-0.2, -0.15) is 0 Å². The number of thiophene rings is 1. The smallest absolute Gasteiger partial charge is 0.353 e. The first-order chi connectivity index (χ1) is 15.3. The number of anilines is 1. The molecule has 5 aromatic rings. The van der Waals surface area contributed by atoms with Gasteiger partial charge in [0.2, 0.25) is 0 Å². The quantitative estimate of drug-likeness (QED) is 0.272. The molecule has 0 radical (unpaired) electrons. The SMILES string of the molecule is O=C(Oc1ccc(-c2nc3ccccn3c2NCc2ccccc2)cc1)c1cccs1. The van der Waals surface area contributed by atoms with Crippen LogP contribution in [0, 0.1) is 0 Å². The van der Waals surface area contributed by atoms with Crippen LogP contribution in [0.4, 0.5) is 5.82 Å². The summed E-state index contributed by atoms with van der Waals surface area (Å²) in [5, 5.41) is 5.39. The predicted molar refractivity (Wildman–Crippen MR) is 124 cm³/mol. The Morgan fingerprint density at radius 2 is 1.74 bits per heavy atom. The lowest BCUT2D eigenvalue weighted by Gasteiger charge is -2.09. The predicted octanol–water partition coefficient (Wildman–Crippen LogP) is 5.89. The van der Waals surface area contributed by atoms with E-state index in [0.717, 1.165) is 22.7 Å². The van der Waals surface area contributed by atoms with Crippen LogP contribution in [0.1, 0.15) is 15.2 Å². The first-order valence-electron chi connectivity index (χ1n) is 9.89. The number of esters is 1. The van der Waals surface area contributed by atoms with Gasteiger partial charge in [0.25, 0.3) is 0 Å². The van der Waals surface area contributed by atoms with E-state index < -0.39 is 0 Å². The molecule has 0 spiro atoms. The fourth-order valence-corrected chi connectivity index (χ4v) is 3.98. The van der Waals surface area contributed by atoms with Gasteiger partial charge in [-0.15, -0.1) is 11.3 Å². The van der Waals surface area contributed by atoms with Crippen molar-refractivity contribution in [3.8, 4) is 17.0 Å². The van der Waals surface area contributed by atoms with Crippen LogP contribution >= 0.6 is 11.3 Å². The normalized spacial score (nSPS) is 10.8. The van der Waals surface area contributed by atoms with Gasteiger partial charge in [-0.25, -0.2) is 9.78 Å². The number of benzene rings is 2. The second-order valence-electron chi connectivity index (χ2n) is 6.97. The van der Waals surface area contributed by atoms with Crippen molar-refractivity contribution in [3.63, 3.8) is 0 Å². The highest BCUT2D eigenvalue weighted by Gasteiger charge is 2.15. The monoisotopic (exact) mass is 425 g/mol. The molecule has 3 heterocycles. The van der Waals surface area contributed by atoms with Crippen LogP contribution in [0.15, 0.2) is 96.5 Å². The Kier molecular flexibility index (Phi) is 5.21. The van der Waals surface area contributed by atoms with E-state index in [1.807, 2.05) is 70.6 Å². The number of rotatable bonds is 6. The zero-order valence-electron chi connectivity index (χ0n) is 16.6. The third-order valence-electron chi connectivity index (χ3n) is 4.89. The number of pyridine rings is 1. The standard InChI is InChI=1S/C25H19N3O2S/c29-25(21-9-6-16-31-21)30-20-13-11-19(12-14-20)23-24(26-17-18-7-2-1-3-8-18)28-15-5-4-10-22(28)27-23/h1-16,26H,17H2. The van der Waals surface area contributed by atoms with Crippen molar-refractivity contribution in [2.45, 2.75) is 6.54 Å². The molecular formula is C25H19N3O2S. The van der Waals surface area contributed by atoms with Crippen molar-refractivity contribution < 1.29 is 9.53 Å². The molecule has 0 amide bonds. The molecule has 0 aliphatic carbocycles. The van der Waals surface area contributed by atoms with E-state index in [-0.39, 0.29) is 5.97 Å². The minimum absolute atomic E-state index is 0.347. The molecule has 0 atom stereocenters. The van der Waals surface area contributed by atoms with Gasteiger partial charge in [-0.1, -0.05) is 42.5 Å². The number of carbonyl (C=O) groups is 1. The Morgan fingerprint density at radius 3 is 2.52 bits per heavy atom. The topological polar surface area (TPSA) is 55.6 Å². The number of carbonyl (C=O) groups excluding carboxylic acids is 1. The molecule has 0 aliphatic heterocycles. The van der Waals surface area contributed by atoms with Gasteiger partial charge < -0.3 is 10.1 Å². The molecule has 31 heavy (non-hydrogen) atoms. The van der Waals surface area contributed by atoms with Gasteiger partial charge in [-0.05, 0) is 53.4 Å². The largest absolute Gasteiger partial charge is 0.422 e. The second kappa shape index (κ2) is 8.45. The molecule has 5 nitrogen and oxygen atoms in total. The van der Waals surface area contributed by atoms with Crippen LogP contribution < -0.4 is 10.1 Å². The molecule has 0 unspecified atom stereocenters. The van der Waals surface area contributed by atoms with E-state index in [1.165, 1.54) is 16.9 Å². The molecule has 0 aliphatic rings. The number of nitrogens with one attached hydrogen (secondary N) is 1. The van der Waals surface area contributed by atoms with Crippen LogP contribution in [0.5, 0.6) is 5.75 Å². The summed E-state index contributed by atoms with van der Waals surface area (Å²) >= 11 is 1.36. The van der Waals surface area contributed by atoms with Crippen molar-refractivity contribution >= 4 is 28.8 Å². The highest BCUT2D eigenvalue weighted by atomic mass is 32.1. The highest BCUT2D eigenvalue weighted by Crippen LogP contribution is 2.30. The molecular weight excluding hydrogens is 406 g/mol. The molecule has 152 valence electrons. The lowest BCUT2D eigenvalue weighted by molar-refractivity contribution is 0.0740. The van der Waals surface area contributed by atoms with E-state index in [0.29, 0.717) is 17.2 Å². The maximum absolute atomic E-state index is 12.2. The van der Waals surface area contributed by atoms with Gasteiger partial charge in [0, 0.05) is 18.3 Å². The van der Waals surface area contributed by atoms with Crippen LogP contribution in [0.3, 0.4) is 0 Å². The number of fused-ring (bicyclic) bond motifs is 1. The summed E-state index contributed by atoms with van der Waals surface area (Å²) in [5.74, 6) is 1.08. The maximum atomic E-state index is 12.2. The zero-order valence-corrected chi connectivity index (χ0v) is 17.4. The molecule has 0 saturated heterocycles. The summed E-state index contributed by atoms with van der Waals surface area (Å²) in [4.78, 5) is 17.6. The third-order valence-corrected chi connectivity index (χ3v) is 5.74. The summed E-state index contributed by atoms with van der Waals surface area (Å²) in [6.07, 6.45) is 2.00. The lowest BCUT2D eigenvalue weighted by Crippen LogP contribution is -2.06. The van der Waals surface area contributed by atoms with Crippen molar-refractivity contribution in [2.24, 2.45) is 0 Å². The summed E-state index contributed by atoms with van der Waals surface area (Å²) in [7, 11) is 0. The maximum Gasteiger partial charge on any atom is 0.353 e. The van der Waals surface area contributed by atoms with Crippen molar-refractivity contribution in [2.75, 3.05) is 5.32 Å². The second-order valence-corrected chi connectivity index (χ2v) is 7.92. The molecule has 0 fully saturated rings. The Hall–Kier alpha value is -3.90. The number of nitrogens with zero attached hydrogens (tertiary/aromatic N) is 2. The van der Waals surface area contributed by atoms with Gasteiger partial charge in [0.15, 0.2) is 0 Å². The van der Waals surface area contributed by atoms with E-state index in [1.54, 1.807) is 18.2 Å². The fraction of sp³-hybridized carbons (Fsp3) is 0.0400. The van der Waals surface area contributed by atoms with E-state index in [4.69, 9.17) is 9.72 Å². The molecule has 6 heteroatoms. The van der Waals surface area contributed by atoms with E-state index in [9.17, 15) is 4.79 Å². The van der Waals surface area contributed by atoms with Crippen LogP contribution in [-0.2, 0) is 6.54 Å². The Morgan fingerprint density at radius 1 is 0.935 bits per heavy atom. The molecule has 2 aromatic carbocycles. The first kappa shape index (κ1) is 19.1. The number of imidazole rings is 1. The van der Waals surface area contributed by atoms with Gasteiger partial charge in [0.1, 0.15) is 27.8 Å². The summed E-state index contributed by atoms with van der Waals surface area (Å²) in [5.41, 5.74) is 3.84. The third kappa shape index (κ3) is 4.06. The Balaban J connectivity index is 1.43. The van der Waals surface area contributed by atoms with Crippen molar-refractivity contribution in [1.82, 2.24) is 9.38 Å². The summed E-state index contributed by atoms with van der Waals surface area (Å²) in [6.45, 7) is 0.688. The highest BCUT2D eigenvalue weighted by molar-refractivity contribution is 7.12. The van der Waals surface area contributed by atoms with Crippen LogP contribution in [0.2, 0.25) is 0 Å². The van der Waals surface area contributed by atoms with Crippen LogP contribution in [0.25, 0.3) is 16.9 Å². The number of hydrogen-bond donors (Lipinski definition) is 1. The lowest BCUT2D eigenvalue weighted by atomic mass is 10.1. The summed E-state index contributed by atoms with van der Waals surface area (Å²) in [6, 6.07) is 27.2. The zero-order chi connectivity index (χ0) is 21.0. The minimum atomic E-state index is -0.347. The number of ether oxygens (including phenoxy) is 1. The van der Waals surface area contributed by atoms with Gasteiger partial charge in [-0.3, -0.25) is 4.40 Å². The van der Waals surface area contributed by atoms with Crippen molar-refractivity contribution in [3.05, 3.63) is 107 Å². The Labute approximate surface area is 183 Å². The number of hydrogen-bond acceptors (Lipinski definition) is 5. The Bertz CT molecular complexity index is 1310. The van der Waals surface area contributed by atoms with Crippen molar-refractivity contribution in [1.29, 1.82) is 0 Å². The average molecular weight is 426 g/mol. The molecule has 3 aromatic heterocycles. The van der Waals surface area contributed by atoms with E-state index >= 15 is 0 Å². The van der Waals surface area contributed by atoms with Gasteiger partial charge in [0.05, 0.1) is 0 Å². The van der Waals surface area contributed by atoms with Crippen LogP contribution in [-0.4, -0.2) is 15.4 Å². The fourth-order valence-electron chi connectivity index (χ4n) is 3.38. The number of aromatic nitrogens is 2. The summed E-state index contributed by atoms with van der Waals surface area (Å²) < 4.78 is 7.52. The molecule has 0 bridgehead atoms. The minimum Gasteiger partial charge on any atom is -0.422 e. The molecule has 5 rings (SSSR count). The molecule has 0 saturated carbocycles. The van der Waals surface area contributed by atoms with E-state index in [2.05, 4.69) is 17.4 Å². The first-order valence-corrected chi connectivity index (χ1v) is 10.8. The average Bonchev–Trinajstić information content (AvgIpc) is 3.47. The van der Waals surface area contributed by atoms with Gasteiger partial charge >= 0.3 is 5.97 Å². The molecule has 1 N–H and O–H groups in total.